The second kappa shape index (κ2) is 4.35. The van der Waals surface area contributed by atoms with Crippen LogP contribution in [0.1, 0.15) is 45.4 Å². The molecule has 3 heteroatoms. The molecule has 3 atom stereocenters. The Labute approximate surface area is 97.4 Å². The molecule has 2 aliphatic rings. The maximum absolute atomic E-state index is 10.7. The first-order valence-corrected chi connectivity index (χ1v) is 6.37. The summed E-state index contributed by atoms with van der Waals surface area (Å²) in [6.07, 6.45) is 5.46. The van der Waals surface area contributed by atoms with Crippen LogP contribution in [0.4, 0.5) is 0 Å². The highest BCUT2D eigenvalue weighted by atomic mass is 16.5. The third-order valence-corrected chi connectivity index (χ3v) is 4.52. The van der Waals surface area contributed by atoms with E-state index in [1.54, 1.807) is 0 Å². The van der Waals surface area contributed by atoms with Gasteiger partial charge in [0.2, 0.25) is 0 Å². The van der Waals surface area contributed by atoms with E-state index in [1.807, 2.05) is 0 Å². The van der Waals surface area contributed by atoms with Crippen molar-refractivity contribution in [3.8, 4) is 6.07 Å². The molecule has 0 bridgehead atoms. The summed E-state index contributed by atoms with van der Waals surface area (Å²) in [5, 5.41) is 20.2. The lowest BCUT2D eigenvalue weighted by molar-refractivity contribution is -0.142. The summed E-state index contributed by atoms with van der Waals surface area (Å²) < 4.78 is 5.39. The number of nitriles is 1. The minimum atomic E-state index is -0.899. The second-order valence-electron chi connectivity index (χ2n) is 5.40. The number of rotatable bonds is 2. The average molecular weight is 223 g/mol. The Hall–Kier alpha value is -0.590. The number of hydrogen-bond acceptors (Lipinski definition) is 3. The quantitative estimate of drug-likeness (QED) is 0.781. The third kappa shape index (κ3) is 1.74. The maximum atomic E-state index is 10.7. The average Bonchev–Trinajstić information content (AvgIpc) is 2.75. The molecular formula is C13H21NO2. The van der Waals surface area contributed by atoms with Crippen molar-refractivity contribution in [3.63, 3.8) is 0 Å². The van der Waals surface area contributed by atoms with Crippen molar-refractivity contribution >= 4 is 0 Å². The van der Waals surface area contributed by atoms with Gasteiger partial charge in [0.15, 0.2) is 0 Å². The zero-order valence-corrected chi connectivity index (χ0v) is 10.0. The van der Waals surface area contributed by atoms with Gasteiger partial charge in [-0.15, -0.1) is 0 Å². The normalized spacial score (nSPS) is 44.2. The molecule has 0 radical (unpaired) electrons. The first-order chi connectivity index (χ1) is 7.66. The van der Waals surface area contributed by atoms with Crippen molar-refractivity contribution in [2.24, 2.45) is 11.3 Å². The van der Waals surface area contributed by atoms with Crippen LogP contribution in [0.5, 0.6) is 0 Å². The Morgan fingerprint density at radius 2 is 2.31 bits per heavy atom. The van der Waals surface area contributed by atoms with Gasteiger partial charge in [-0.2, -0.15) is 5.26 Å². The SMILES string of the molecule is CCC1CCC(C#N)(C2(O)CCCOC2)C1. The molecule has 3 unspecified atom stereocenters. The summed E-state index contributed by atoms with van der Waals surface area (Å²) in [6, 6.07) is 2.42. The summed E-state index contributed by atoms with van der Waals surface area (Å²) in [7, 11) is 0. The molecule has 1 heterocycles. The number of aliphatic hydroxyl groups is 1. The molecule has 16 heavy (non-hydrogen) atoms. The molecule has 0 spiro atoms. The zero-order valence-electron chi connectivity index (χ0n) is 10.0. The lowest BCUT2D eigenvalue weighted by Gasteiger charge is -2.42. The highest BCUT2D eigenvalue weighted by Crippen LogP contribution is 2.52. The van der Waals surface area contributed by atoms with Gasteiger partial charge < -0.3 is 9.84 Å². The number of ether oxygens (including phenoxy) is 1. The lowest BCUT2D eigenvalue weighted by atomic mass is 9.68. The van der Waals surface area contributed by atoms with Crippen LogP contribution in [0.3, 0.4) is 0 Å². The van der Waals surface area contributed by atoms with Crippen molar-refractivity contribution < 1.29 is 9.84 Å². The number of hydrogen-bond donors (Lipinski definition) is 1. The molecule has 1 saturated heterocycles. The van der Waals surface area contributed by atoms with Gasteiger partial charge in [-0.3, -0.25) is 0 Å². The van der Waals surface area contributed by atoms with E-state index in [0.717, 1.165) is 45.1 Å². The van der Waals surface area contributed by atoms with Crippen LogP contribution in [0, 0.1) is 22.7 Å². The van der Waals surface area contributed by atoms with Gasteiger partial charge in [-0.25, -0.2) is 0 Å². The minimum absolute atomic E-state index is 0.344. The zero-order chi connectivity index (χ0) is 11.6. The van der Waals surface area contributed by atoms with Crippen molar-refractivity contribution in [2.45, 2.75) is 51.0 Å². The molecule has 0 amide bonds. The van der Waals surface area contributed by atoms with Crippen molar-refractivity contribution in [2.75, 3.05) is 13.2 Å². The monoisotopic (exact) mass is 223 g/mol. The summed E-state index contributed by atoms with van der Waals surface area (Å²) >= 11 is 0. The molecule has 3 nitrogen and oxygen atoms in total. The topological polar surface area (TPSA) is 53.2 Å². The molecular weight excluding hydrogens is 202 g/mol. The predicted octanol–water partition coefficient (Wildman–Crippen LogP) is 2.25. The molecule has 0 aromatic carbocycles. The Morgan fingerprint density at radius 3 is 2.81 bits per heavy atom. The van der Waals surface area contributed by atoms with Crippen molar-refractivity contribution in [3.05, 3.63) is 0 Å². The van der Waals surface area contributed by atoms with E-state index in [2.05, 4.69) is 13.0 Å². The molecule has 2 rings (SSSR count). The van der Waals surface area contributed by atoms with Crippen LogP contribution in [0.15, 0.2) is 0 Å². The van der Waals surface area contributed by atoms with E-state index >= 15 is 0 Å². The highest BCUT2D eigenvalue weighted by Gasteiger charge is 2.55. The molecule has 1 saturated carbocycles. The van der Waals surface area contributed by atoms with E-state index in [0.29, 0.717) is 12.5 Å². The van der Waals surface area contributed by atoms with Crippen LogP contribution in [-0.4, -0.2) is 23.9 Å². The maximum Gasteiger partial charge on any atom is 0.107 e. The minimum Gasteiger partial charge on any atom is -0.386 e. The third-order valence-electron chi connectivity index (χ3n) is 4.52. The molecule has 1 N–H and O–H groups in total. The largest absolute Gasteiger partial charge is 0.386 e. The first-order valence-electron chi connectivity index (χ1n) is 6.37. The van der Waals surface area contributed by atoms with Crippen molar-refractivity contribution in [1.82, 2.24) is 0 Å². The molecule has 90 valence electrons. The Morgan fingerprint density at radius 1 is 1.50 bits per heavy atom. The molecule has 1 aliphatic carbocycles. The Bertz CT molecular complexity index is 291. The summed E-state index contributed by atoms with van der Waals surface area (Å²) in [5.74, 6) is 0.602. The number of nitrogens with zero attached hydrogens (tertiary/aromatic N) is 1. The molecule has 1 aliphatic heterocycles. The van der Waals surface area contributed by atoms with Crippen LogP contribution in [0.25, 0.3) is 0 Å². The molecule has 0 aromatic heterocycles. The molecule has 0 aromatic rings. The van der Waals surface area contributed by atoms with E-state index in [-0.39, 0.29) is 0 Å². The van der Waals surface area contributed by atoms with Crippen molar-refractivity contribution in [1.29, 1.82) is 5.26 Å². The van der Waals surface area contributed by atoms with Gasteiger partial charge in [0, 0.05) is 6.61 Å². The van der Waals surface area contributed by atoms with Crippen LogP contribution in [-0.2, 0) is 4.74 Å². The standard InChI is InChI=1S/C13H21NO2/c1-2-11-4-6-12(8-11,9-14)13(15)5-3-7-16-10-13/h11,15H,2-8,10H2,1H3. The summed E-state index contributed by atoms with van der Waals surface area (Å²) in [5.41, 5.74) is -1.45. The van der Waals surface area contributed by atoms with Gasteiger partial charge in [0.1, 0.15) is 5.60 Å². The fourth-order valence-corrected chi connectivity index (χ4v) is 3.28. The fraction of sp³-hybridized carbons (Fsp3) is 0.923. The molecule has 2 fully saturated rings. The van der Waals surface area contributed by atoms with Gasteiger partial charge in [-0.05, 0) is 38.0 Å². The van der Waals surface area contributed by atoms with E-state index < -0.39 is 11.0 Å². The smallest absolute Gasteiger partial charge is 0.107 e. The summed E-state index contributed by atoms with van der Waals surface area (Å²) in [6.45, 7) is 3.23. The van der Waals surface area contributed by atoms with Gasteiger partial charge in [0.05, 0.1) is 18.1 Å². The van der Waals surface area contributed by atoms with Gasteiger partial charge >= 0.3 is 0 Å². The second-order valence-corrected chi connectivity index (χ2v) is 5.40. The van der Waals surface area contributed by atoms with Crippen LogP contribution >= 0.6 is 0 Å². The predicted molar refractivity (Wildman–Crippen MR) is 60.7 cm³/mol. The summed E-state index contributed by atoms with van der Waals surface area (Å²) in [4.78, 5) is 0. The fourth-order valence-electron chi connectivity index (χ4n) is 3.28. The van der Waals surface area contributed by atoms with Gasteiger partial charge in [-0.1, -0.05) is 13.3 Å². The van der Waals surface area contributed by atoms with Gasteiger partial charge in [0.25, 0.3) is 0 Å². The Balaban J connectivity index is 2.18. The van der Waals surface area contributed by atoms with Crippen LogP contribution in [0.2, 0.25) is 0 Å². The van der Waals surface area contributed by atoms with E-state index in [1.165, 1.54) is 0 Å². The van der Waals surface area contributed by atoms with E-state index in [4.69, 9.17) is 4.74 Å². The van der Waals surface area contributed by atoms with Crippen LogP contribution < -0.4 is 0 Å². The Kier molecular flexibility index (Phi) is 3.23. The van der Waals surface area contributed by atoms with E-state index in [9.17, 15) is 10.4 Å². The lowest BCUT2D eigenvalue weighted by Crippen LogP contribution is -2.52. The highest BCUT2D eigenvalue weighted by molar-refractivity contribution is 5.15. The first kappa shape index (κ1) is 11.9.